The van der Waals surface area contributed by atoms with Crippen molar-refractivity contribution in [2.24, 2.45) is 0 Å². The van der Waals surface area contributed by atoms with Crippen LogP contribution in [0.15, 0.2) is 52.5 Å². The first-order valence-corrected chi connectivity index (χ1v) is 11.5. The largest absolute Gasteiger partial charge is 0.490 e. The zero-order valence-corrected chi connectivity index (χ0v) is 19.2. The van der Waals surface area contributed by atoms with Gasteiger partial charge in [-0.2, -0.15) is 0 Å². The molecule has 0 saturated carbocycles. The van der Waals surface area contributed by atoms with Gasteiger partial charge in [0.05, 0.1) is 6.61 Å². The zero-order chi connectivity index (χ0) is 20.5. The first kappa shape index (κ1) is 21.9. The van der Waals surface area contributed by atoms with Crippen molar-refractivity contribution in [3.05, 3.63) is 69.2 Å². The lowest BCUT2D eigenvalue weighted by molar-refractivity contribution is 0.268. The molecule has 0 aliphatic heterocycles. The molecule has 0 radical (unpaired) electrons. The van der Waals surface area contributed by atoms with Gasteiger partial charge in [-0.05, 0) is 81.3 Å². The maximum atomic E-state index is 6.11. The summed E-state index contributed by atoms with van der Waals surface area (Å²) in [5.74, 6) is 1.58. The van der Waals surface area contributed by atoms with Crippen LogP contribution in [-0.4, -0.2) is 13.2 Å². The molecule has 1 N–H and O–H groups in total. The van der Waals surface area contributed by atoms with Crippen LogP contribution in [0, 0.1) is 6.92 Å². The molecule has 0 amide bonds. The number of benzene rings is 2. The summed E-state index contributed by atoms with van der Waals surface area (Å²) < 4.78 is 13.0. The molecule has 29 heavy (non-hydrogen) atoms. The summed E-state index contributed by atoms with van der Waals surface area (Å²) in [6, 6.07) is 12.4. The molecule has 0 bridgehead atoms. The van der Waals surface area contributed by atoms with Crippen LogP contribution in [0.1, 0.15) is 55.7 Å². The Labute approximate surface area is 183 Å². The van der Waals surface area contributed by atoms with Crippen LogP contribution >= 0.6 is 15.9 Å². The number of rotatable bonds is 10. The van der Waals surface area contributed by atoms with E-state index in [-0.39, 0.29) is 0 Å². The van der Waals surface area contributed by atoms with E-state index in [1.807, 2.05) is 25.1 Å². The van der Waals surface area contributed by atoms with Crippen molar-refractivity contribution >= 4 is 15.9 Å². The second kappa shape index (κ2) is 11.4. The maximum absolute atomic E-state index is 6.11. The lowest BCUT2D eigenvalue weighted by Gasteiger charge is -2.17. The fourth-order valence-electron chi connectivity index (χ4n) is 3.63. The lowest BCUT2D eigenvalue weighted by Crippen LogP contribution is -2.16. The highest BCUT2D eigenvalue weighted by Crippen LogP contribution is 2.34. The predicted molar refractivity (Wildman–Crippen MR) is 124 cm³/mol. The molecule has 0 saturated heterocycles. The van der Waals surface area contributed by atoms with Gasteiger partial charge in [0.15, 0.2) is 11.5 Å². The van der Waals surface area contributed by atoms with Crippen molar-refractivity contribution in [3.63, 3.8) is 0 Å². The number of aryl methyl sites for hydroxylation is 1. The minimum absolute atomic E-state index is 0.534. The minimum Gasteiger partial charge on any atom is -0.490 e. The summed E-state index contributed by atoms with van der Waals surface area (Å²) >= 11 is 3.71. The van der Waals surface area contributed by atoms with E-state index in [4.69, 9.17) is 9.47 Å². The molecule has 0 heterocycles. The number of allylic oxidation sites excluding steroid dienone is 1. The summed E-state index contributed by atoms with van der Waals surface area (Å²) in [7, 11) is 0. The van der Waals surface area contributed by atoms with Crippen LogP contribution in [0.4, 0.5) is 0 Å². The molecule has 0 unspecified atom stereocenters. The van der Waals surface area contributed by atoms with E-state index in [1.165, 1.54) is 42.4 Å². The van der Waals surface area contributed by atoms with Gasteiger partial charge in [0.25, 0.3) is 0 Å². The van der Waals surface area contributed by atoms with Crippen LogP contribution in [-0.2, 0) is 13.2 Å². The van der Waals surface area contributed by atoms with Gasteiger partial charge in [0.2, 0.25) is 0 Å². The Hall–Kier alpha value is -1.78. The van der Waals surface area contributed by atoms with E-state index >= 15 is 0 Å². The van der Waals surface area contributed by atoms with Crippen molar-refractivity contribution in [2.75, 3.05) is 13.2 Å². The molecule has 2 aromatic rings. The monoisotopic (exact) mass is 457 g/mol. The quantitative estimate of drug-likeness (QED) is 0.317. The second-order valence-electron chi connectivity index (χ2n) is 7.57. The number of ether oxygens (including phenoxy) is 2. The van der Waals surface area contributed by atoms with Crippen LogP contribution in [0.3, 0.4) is 0 Å². The predicted octanol–water partition coefficient (Wildman–Crippen LogP) is 6.72. The Bertz CT molecular complexity index is 832. The van der Waals surface area contributed by atoms with E-state index in [0.29, 0.717) is 13.2 Å². The average Bonchev–Trinajstić information content (AvgIpc) is 2.74. The van der Waals surface area contributed by atoms with Crippen molar-refractivity contribution < 1.29 is 9.47 Å². The Morgan fingerprint density at radius 1 is 1.03 bits per heavy atom. The van der Waals surface area contributed by atoms with Gasteiger partial charge in [-0.25, -0.2) is 0 Å². The molecule has 0 aromatic heterocycles. The van der Waals surface area contributed by atoms with E-state index in [9.17, 15) is 0 Å². The summed E-state index contributed by atoms with van der Waals surface area (Å²) in [5, 5.41) is 3.58. The van der Waals surface area contributed by atoms with Gasteiger partial charge < -0.3 is 14.8 Å². The number of halogens is 1. The van der Waals surface area contributed by atoms with E-state index < -0.39 is 0 Å². The molecule has 1 aliphatic rings. The summed E-state index contributed by atoms with van der Waals surface area (Å²) in [6.45, 7) is 7.08. The SMILES string of the molecule is CCOc1cc(CNCCC2=CCCCC2)c(Br)cc1OCc1ccccc1C. The fraction of sp³-hybridized carbons (Fsp3) is 0.440. The number of hydrogen-bond acceptors (Lipinski definition) is 3. The van der Waals surface area contributed by atoms with Gasteiger partial charge in [-0.15, -0.1) is 0 Å². The molecule has 0 atom stereocenters. The minimum atomic E-state index is 0.534. The van der Waals surface area contributed by atoms with Crippen molar-refractivity contribution in [2.45, 2.75) is 59.1 Å². The zero-order valence-electron chi connectivity index (χ0n) is 17.6. The van der Waals surface area contributed by atoms with Crippen molar-refractivity contribution in [1.29, 1.82) is 0 Å². The first-order valence-electron chi connectivity index (χ1n) is 10.7. The highest BCUT2D eigenvalue weighted by atomic mass is 79.9. The molecule has 1 aliphatic carbocycles. The summed E-state index contributed by atoms with van der Waals surface area (Å²) in [6.07, 6.45) is 8.79. The van der Waals surface area contributed by atoms with E-state index in [2.05, 4.69) is 52.4 Å². The number of hydrogen-bond donors (Lipinski definition) is 1. The molecule has 0 fully saturated rings. The molecule has 4 heteroatoms. The van der Waals surface area contributed by atoms with Gasteiger partial charge in [-0.3, -0.25) is 0 Å². The third kappa shape index (κ3) is 6.61. The van der Waals surface area contributed by atoms with E-state index in [0.717, 1.165) is 35.5 Å². The van der Waals surface area contributed by atoms with Crippen molar-refractivity contribution in [1.82, 2.24) is 5.32 Å². The van der Waals surface area contributed by atoms with Gasteiger partial charge in [-0.1, -0.05) is 51.8 Å². The van der Waals surface area contributed by atoms with Crippen molar-refractivity contribution in [3.8, 4) is 11.5 Å². The molecular weight excluding hydrogens is 426 g/mol. The Morgan fingerprint density at radius 2 is 1.86 bits per heavy atom. The van der Waals surface area contributed by atoms with Gasteiger partial charge >= 0.3 is 0 Å². The lowest BCUT2D eigenvalue weighted by atomic mass is 9.97. The van der Waals surface area contributed by atoms with Crippen LogP contribution in [0.5, 0.6) is 11.5 Å². The second-order valence-corrected chi connectivity index (χ2v) is 8.43. The van der Waals surface area contributed by atoms with Crippen LogP contribution in [0.25, 0.3) is 0 Å². The highest BCUT2D eigenvalue weighted by molar-refractivity contribution is 9.10. The molecule has 3 rings (SSSR count). The molecule has 0 spiro atoms. The fourth-order valence-corrected chi connectivity index (χ4v) is 4.09. The third-order valence-corrected chi connectivity index (χ3v) is 6.12. The standard InChI is InChI=1S/C25H32BrNO2/c1-3-28-24-15-22(17-27-14-13-20-10-5-4-6-11-20)23(26)16-25(24)29-18-21-12-8-7-9-19(21)2/h7-10,12,15-16,27H,3-6,11,13-14,17-18H2,1-2H3. The smallest absolute Gasteiger partial charge is 0.162 e. The normalized spacial score (nSPS) is 13.8. The van der Waals surface area contributed by atoms with Gasteiger partial charge in [0.1, 0.15) is 6.61 Å². The van der Waals surface area contributed by atoms with Crippen LogP contribution in [0.2, 0.25) is 0 Å². The summed E-state index contributed by atoms with van der Waals surface area (Å²) in [5.41, 5.74) is 5.22. The highest BCUT2D eigenvalue weighted by Gasteiger charge is 2.12. The van der Waals surface area contributed by atoms with E-state index in [1.54, 1.807) is 5.57 Å². The Kier molecular flexibility index (Phi) is 8.63. The first-order chi connectivity index (χ1) is 14.2. The maximum Gasteiger partial charge on any atom is 0.162 e. The molecule has 156 valence electrons. The average molecular weight is 458 g/mol. The molecular formula is C25H32BrNO2. The topological polar surface area (TPSA) is 30.5 Å². The van der Waals surface area contributed by atoms with Crippen LogP contribution < -0.4 is 14.8 Å². The number of nitrogens with one attached hydrogen (secondary N) is 1. The molecule has 3 nitrogen and oxygen atoms in total. The Morgan fingerprint density at radius 3 is 2.62 bits per heavy atom. The summed E-state index contributed by atoms with van der Waals surface area (Å²) in [4.78, 5) is 0. The third-order valence-electron chi connectivity index (χ3n) is 5.38. The van der Waals surface area contributed by atoms with Gasteiger partial charge in [0, 0.05) is 11.0 Å². The Balaban J connectivity index is 1.60. The molecule has 2 aromatic carbocycles.